The Bertz CT molecular complexity index is 3490. The first-order valence-corrected chi connectivity index (χ1v) is 21.1. The summed E-state index contributed by atoms with van der Waals surface area (Å²) in [7, 11) is 0. The Morgan fingerprint density at radius 1 is 0.295 bits per heavy atom. The van der Waals surface area contributed by atoms with Crippen molar-refractivity contribution in [2.75, 3.05) is 4.90 Å². The Hall–Kier alpha value is -7.94. The van der Waals surface area contributed by atoms with Crippen LogP contribution in [0, 0.1) is 0 Å². The van der Waals surface area contributed by atoms with Gasteiger partial charge in [0, 0.05) is 27.8 Å². The maximum Gasteiger partial charge on any atom is 0.135 e. The molecule has 284 valence electrons. The Labute approximate surface area is 354 Å². The first-order valence-electron chi connectivity index (χ1n) is 21.1. The van der Waals surface area contributed by atoms with E-state index in [1.165, 1.54) is 66.4 Å². The average Bonchev–Trinajstić information content (AvgIpc) is 3.95. The van der Waals surface area contributed by atoms with Gasteiger partial charge in [0.15, 0.2) is 0 Å². The zero-order chi connectivity index (χ0) is 40.1. The van der Waals surface area contributed by atoms with Crippen molar-refractivity contribution in [1.82, 2.24) is 0 Å². The number of benzene rings is 10. The van der Waals surface area contributed by atoms with Crippen LogP contribution in [0.2, 0.25) is 0 Å². The van der Waals surface area contributed by atoms with Gasteiger partial charge in [-0.1, -0.05) is 170 Å². The molecule has 0 bridgehead atoms. The lowest BCUT2D eigenvalue weighted by atomic mass is 9.70. The smallest absolute Gasteiger partial charge is 0.135 e. The molecular formula is C59H37NO. The maximum atomic E-state index is 6.22. The van der Waals surface area contributed by atoms with Gasteiger partial charge in [-0.05, 0) is 132 Å². The fourth-order valence-electron chi connectivity index (χ4n) is 10.7. The summed E-state index contributed by atoms with van der Waals surface area (Å²) in [6, 6.07) is 82.4. The first kappa shape index (κ1) is 34.0. The third kappa shape index (κ3) is 4.91. The molecule has 0 radical (unpaired) electrons. The van der Waals surface area contributed by atoms with Crippen LogP contribution < -0.4 is 4.90 Å². The zero-order valence-electron chi connectivity index (χ0n) is 33.2. The molecule has 2 heteroatoms. The third-order valence-corrected chi connectivity index (χ3v) is 13.3. The molecule has 1 heterocycles. The second kappa shape index (κ2) is 13.0. The van der Waals surface area contributed by atoms with Crippen LogP contribution >= 0.6 is 0 Å². The third-order valence-electron chi connectivity index (χ3n) is 13.3. The lowest BCUT2D eigenvalue weighted by molar-refractivity contribution is 0.669. The summed E-state index contributed by atoms with van der Waals surface area (Å²) in [5.74, 6) is 0. The molecule has 0 unspecified atom stereocenters. The number of para-hydroxylation sites is 1. The highest BCUT2D eigenvalue weighted by molar-refractivity contribution is 6.06. The van der Waals surface area contributed by atoms with E-state index >= 15 is 0 Å². The summed E-state index contributed by atoms with van der Waals surface area (Å²) in [5, 5.41) is 4.75. The molecule has 13 rings (SSSR count). The van der Waals surface area contributed by atoms with Crippen LogP contribution in [0.4, 0.5) is 17.1 Å². The van der Waals surface area contributed by atoms with Crippen LogP contribution in [0.15, 0.2) is 229 Å². The standard InChI is InChI=1S/C59H37NO/c1-2-17-45-38(13-1)14-12-22-46(45)39-27-30-42(31-28-39)60(43-16-11-15-40(35-43)41-29-34-58-52(36-41)51-21-6-10-26-57(51)61-58)44-32-33-50-49-20-5-9-25-55(49)59(56(50)37-44)53-23-7-3-18-47(53)48-19-4-8-24-54(48)59/h1-37H. The van der Waals surface area contributed by atoms with E-state index in [0.29, 0.717) is 0 Å². The highest BCUT2D eigenvalue weighted by Gasteiger charge is 2.51. The zero-order valence-corrected chi connectivity index (χ0v) is 33.2. The fourth-order valence-corrected chi connectivity index (χ4v) is 10.7. The van der Waals surface area contributed by atoms with Gasteiger partial charge in [0.1, 0.15) is 11.2 Å². The predicted octanol–water partition coefficient (Wildman–Crippen LogP) is 15.9. The van der Waals surface area contributed by atoms with Crippen LogP contribution in [0.1, 0.15) is 22.3 Å². The van der Waals surface area contributed by atoms with Crippen LogP contribution in [-0.4, -0.2) is 0 Å². The summed E-state index contributed by atoms with van der Waals surface area (Å²) in [4.78, 5) is 2.44. The van der Waals surface area contributed by atoms with E-state index in [4.69, 9.17) is 4.42 Å². The van der Waals surface area contributed by atoms with Gasteiger partial charge in [-0.3, -0.25) is 0 Å². The van der Waals surface area contributed by atoms with E-state index in [9.17, 15) is 0 Å². The molecule has 0 amide bonds. The number of nitrogens with zero attached hydrogens (tertiary/aromatic N) is 1. The summed E-state index contributed by atoms with van der Waals surface area (Å²) in [6.45, 7) is 0. The number of rotatable bonds is 5. The van der Waals surface area contributed by atoms with E-state index in [1.807, 2.05) is 12.1 Å². The molecule has 1 spiro atoms. The number of hydrogen-bond donors (Lipinski definition) is 0. The Balaban J connectivity index is 1.02. The van der Waals surface area contributed by atoms with Crippen LogP contribution in [0.25, 0.3) is 77.2 Å². The van der Waals surface area contributed by atoms with E-state index < -0.39 is 5.41 Å². The molecule has 0 saturated heterocycles. The molecule has 0 aliphatic heterocycles. The van der Waals surface area contributed by atoms with Gasteiger partial charge in [-0.15, -0.1) is 0 Å². The van der Waals surface area contributed by atoms with Crippen LogP contribution in [0.5, 0.6) is 0 Å². The summed E-state index contributed by atoms with van der Waals surface area (Å²) in [5.41, 5.74) is 19.9. The summed E-state index contributed by atoms with van der Waals surface area (Å²) < 4.78 is 6.22. The van der Waals surface area contributed by atoms with Gasteiger partial charge in [0.2, 0.25) is 0 Å². The monoisotopic (exact) mass is 775 g/mol. The highest BCUT2D eigenvalue weighted by Crippen LogP contribution is 2.63. The molecule has 0 atom stereocenters. The second-order valence-electron chi connectivity index (χ2n) is 16.4. The molecule has 10 aromatic carbocycles. The minimum absolute atomic E-state index is 0.441. The molecule has 1 aromatic heterocycles. The molecule has 2 nitrogen and oxygen atoms in total. The van der Waals surface area contributed by atoms with Crippen molar-refractivity contribution < 1.29 is 4.42 Å². The van der Waals surface area contributed by atoms with E-state index in [-0.39, 0.29) is 0 Å². The molecule has 0 saturated carbocycles. The van der Waals surface area contributed by atoms with E-state index in [0.717, 1.165) is 50.1 Å². The molecule has 11 aromatic rings. The Morgan fingerprint density at radius 2 is 0.820 bits per heavy atom. The Morgan fingerprint density at radius 3 is 1.57 bits per heavy atom. The van der Waals surface area contributed by atoms with Crippen molar-refractivity contribution in [3.05, 3.63) is 247 Å². The highest BCUT2D eigenvalue weighted by atomic mass is 16.3. The largest absolute Gasteiger partial charge is 0.456 e. The number of anilines is 3. The van der Waals surface area contributed by atoms with Crippen molar-refractivity contribution in [1.29, 1.82) is 0 Å². The number of furan rings is 1. The van der Waals surface area contributed by atoms with Crippen LogP contribution in [-0.2, 0) is 5.41 Å². The van der Waals surface area contributed by atoms with Gasteiger partial charge in [0.25, 0.3) is 0 Å². The van der Waals surface area contributed by atoms with Crippen LogP contribution in [0.3, 0.4) is 0 Å². The Kier molecular flexibility index (Phi) is 7.26. The minimum Gasteiger partial charge on any atom is -0.456 e. The van der Waals surface area contributed by atoms with Crippen molar-refractivity contribution in [3.8, 4) is 44.5 Å². The lowest BCUT2D eigenvalue weighted by Crippen LogP contribution is -2.26. The van der Waals surface area contributed by atoms with Crippen molar-refractivity contribution in [2.45, 2.75) is 5.41 Å². The average molecular weight is 776 g/mol. The first-order chi connectivity index (χ1) is 30.2. The van der Waals surface area contributed by atoms with Gasteiger partial charge >= 0.3 is 0 Å². The quantitative estimate of drug-likeness (QED) is 0.173. The maximum absolute atomic E-state index is 6.22. The fraction of sp³-hybridized carbons (Fsp3) is 0.0169. The second-order valence-corrected chi connectivity index (χ2v) is 16.4. The molecule has 2 aliphatic carbocycles. The topological polar surface area (TPSA) is 16.4 Å². The SMILES string of the molecule is c1cc(-c2ccc3oc4ccccc4c3c2)cc(N(c2ccc(-c3cccc4ccccc34)cc2)c2ccc3c(c2)C2(c4ccccc4-c4ccccc42)c2ccccc2-3)c1. The summed E-state index contributed by atoms with van der Waals surface area (Å²) in [6.07, 6.45) is 0. The summed E-state index contributed by atoms with van der Waals surface area (Å²) >= 11 is 0. The normalized spacial score (nSPS) is 13.0. The molecule has 61 heavy (non-hydrogen) atoms. The number of fused-ring (bicyclic) bond motifs is 14. The van der Waals surface area contributed by atoms with Crippen molar-refractivity contribution >= 4 is 49.8 Å². The molecule has 0 N–H and O–H groups in total. The molecule has 2 aliphatic rings. The van der Waals surface area contributed by atoms with Crippen molar-refractivity contribution in [3.63, 3.8) is 0 Å². The van der Waals surface area contributed by atoms with Gasteiger partial charge in [0.05, 0.1) is 5.41 Å². The van der Waals surface area contributed by atoms with E-state index in [2.05, 4.69) is 217 Å². The van der Waals surface area contributed by atoms with Crippen molar-refractivity contribution in [2.24, 2.45) is 0 Å². The van der Waals surface area contributed by atoms with E-state index in [1.54, 1.807) is 0 Å². The minimum atomic E-state index is -0.441. The van der Waals surface area contributed by atoms with Gasteiger partial charge < -0.3 is 9.32 Å². The number of hydrogen-bond acceptors (Lipinski definition) is 2. The lowest BCUT2D eigenvalue weighted by Gasteiger charge is -2.32. The molecular weight excluding hydrogens is 739 g/mol. The molecule has 0 fully saturated rings. The van der Waals surface area contributed by atoms with Gasteiger partial charge in [-0.25, -0.2) is 0 Å². The predicted molar refractivity (Wildman–Crippen MR) is 253 cm³/mol. The van der Waals surface area contributed by atoms with Gasteiger partial charge in [-0.2, -0.15) is 0 Å².